The van der Waals surface area contributed by atoms with E-state index >= 15 is 0 Å². The topological polar surface area (TPSA) is 66.1 Å². The highest BCUT2D eigenvalue weighted by atomic mass is 16.5. The van der Waals surface area contributed by atoms with Crippen LogP contribution in [0.2, 0.25) is 0 Å². The van der Waals surface area contributed by atoms with Crippen molar-refractivity contribution in [1.82, 2.24) is 14.1 Å². The molecule has 0 radical (unpaired) electrons. The van der Waals surface area contributed by atoms with Gasteiger partial charge in [0.25, 0.3) is 0 Å². The van der Waals surface area contributed by atoms with E-state index in [0.717, 1.165) is 44.7 Å². The Morgan fingerprint density at radius 2 is 1.36 bits per heavy atom. The van der Waals surface area contributed by atoms with Crippen LogP contribution in [-0.2, 0) is 21.5 Å². The predicted octanol–water partition coefficient (Wildman–Crippen LogP) is 7.80. The molecule has 6 heteroatoms. The quantitative estimate of drug-likeness (QED) is 0.140. The van der Waals surface area contributed by atoms with E-state index in [2.05, 4.69) is 54.0 Å². The van der Waals surface area contributed by atoms with Gasteiger partial charge in [-0.3, -0.25) is 14.2 Å². The average molecular weight is 594 g/mol. The number of aryl methyl sites for hydroxylation is 2. The first-order valence-corrected chi connectivity index (χ1v) is 15.4. The zero-order valence-electron chi connectivity index (χ0n) is 25.7. The van der Waals surface area contributed by atoms with Crippen LogP contribution in [0, 0.1) is 19.8 Å². The van der Waals surface area contributed by atoms with E-state index in [0.29, 0.717) is 18.5 Å². The van der Waals surface area contributed by atoms with Crippen molar-refractivity contribution in [1.29, 1.82) is 0 Å². The minimum Gasteiger partial charge on any atom is -0.455 e. The van der Waals surface area contributed by atoms with Crippen molar-refractivity contribution >= 4 is 22.8 Å². The molecule has 2 unspecified atom stereocenters. The van der Waals surface area contributed by atoms with Crippen LogP contribution >= 0.6 is 0 Å². The molecule has 0 spiro atoms. The van der Waals surface area contributed by atoms with Crippen LogP contribution in [0.15, 0.2) is 121 Å². The number of hydrogen-bond donors (Lipinski definition) is 0. The fourth-order valence-electron chi connectivity index (χ4n) is 7.32. The van der Waals surface area contributed by atoms with Gasteiger partial charge in [0.05, 0.1) is 11.4 Å². The Morgan fingerprint density at radius 1 is 0.822 bits per heavy atom. The predicted molar refractivity (Wildman–Crippen MR) is 175 cm³/mol. The zero-order chi connectivity index (χ0) is 31.1. The fourth-order valence-corrected chi connectivity index (χ4v) is 7.32. The van der Waals surface area contributed by atoms with Crippen LogP contribution in [0.3, 0.4) is 0 Å². The van der Waals surface area contributed by atoms with Gasteiger partial charge in [0.15, 0.2) is 6.10 Å². The van der Waals surface area contributed by atoms with Gasteiger partial charge in [-0.05, 0) is 55.0 Å². The molecule has 2 aromatic heterocycles. The SMILES string of the molecule is CC(=O)OC(c1cn(C(c2ccccc2)(c2ccccc2)c2ccccc2)c(C)n1)C1CCc2c(C)c3ccccc3n2C1=O. The maximum atomic E-state index is 14.3. The number of para-hydroxylation sites is 1. The summed E-state index contributed by atoms with van der Waals surface area (Å²) < 4.78 is 10.0. The molecule has 7 rings (SSSR count). The molecule has 1 aliphatic rings. The third-order valence-electron chi connectivity index (χ3n) is 9.27. The minimum atomic E-state index is -0.843. The van der Waals surface area contributed by atoms with Crippen LogP contribution in [0.25, 0.3) is 10.9 Å². The second-order valence-electron chi connectivity index (χ2n) is 11.8. The maximum absolute atomic E-state index is 14.3. The highest BCUT2D eigenvalue weighted by molar-refractivity contribution is 5.98. The van der Waals surface area contributed by atoms with E-state index in [-0.39, 0.29) is 5.91 Å². The molecular weight excluding hydrogens is 558 g/mol. The second-order valence-corrected chi connectivity index (χ2v) is 11.8. The van der Waals surface area contributed by atoms with Crippen LogP contribution in [0.4, 0.5) is 0 Å². The van der Waals surface area contributed by atoms with E-state index in [4.69, 9.17) is 9.72 Å². The van der Waals surface area contributed by atoms with Gasteiger partial charge in [-0.1, -0.05) is 109 Å². The first-order chi connectivity index (χ1) is 21.9. The first kappa shape index (κ1) is 28.5. The number of ether oxygens (including phenoxy) is 1. The Labute approximate surface area is 262 Å². The average Bonchev–Trinajstić information content (AvgIpc) is 3.60. The molecule has 6 aromatic rings. The number of nitrogens with zero attached hydrogens (tertiary/aromatic N) is 3. The molecule has 0 saturated heterocycles. The second kappa shape index (κ2) is 11.4. The summed E-state index contributed by atoms with van der Waals surface area (Å²) in [4.78, 5) is 32.0. The summed E-state index contributed by atoms with van der Waals surface area (Å²) in [5, 5.41) is 1.07. The Kier molecular flexibility index (Phi) is 7.20. The van der Waals surface area contributed by atoms with Crippen molar-refractivity contribution in [3.8, 4) is 0 Å². The Bertz CT molecular complexity index is 1910. The number of rotatable bonds is 7. The van der Waals surface area contributed by atoms with Crippen molar-refractivity contribution in [2.45, 2.75) is 45.3 Å². The van der Waals surface area contributed by atoms with Crippen molar-refractivity contribution in [3.63, 3.8) is 0 Å². The van der Waals surface area contributed by atoms with E-state index in [1.54, 1.807) is 0 Å². The van der Waals surface area contributed by atoms with Gasteiger partial charge in [-0.2, -0.15) is 0 Å². The highest BCUT2D eigenvalue weighted by Gasteiger charge is 2.43. The molecule has 3 heterocycles. The standard InChI is InChI=1S/C39H35N3O3/c1-26-32-21-13-14-22-36(32)42-35(26)24-23-33(38(42)44)37(45-28(3)43)34-25-41(27(2)40-34)39(29-15-7-4-8-16-29,30-17-9-5-10-18-30)31-19-11-6-12-20-31/h4-22,25,33,37H,23-24H2,1-3H3. The van der Waals surface area contributed by atoms with Gasteiger partial charge in [-0.15, -0.1) is 0 Å². The Balaban J connectivity index is 1.42. The number of carbonyl (C=O) groups excluding carboxylic acids is 2. The molecule has 0 N–H and O–H groups in total. The van der Waals surface area contributed by atoms with Gasteiger partial charge < -0.3 is 9.30 Å². The van der Waals surface area contributed by atoms with Crippen LogP contribution < -0.4 is 0 Å². The number of aromatic nitrogens is 3. The number of carbonyl (C=O) groups is 2. The van der Waals surface area contributed by atoms with Crippen molar-refractivity contribution in [2.75, 3.05) is 0 Å². The molecule has 0 fully saturated rings. The third kappa shape index (κ3) is 4.60. The van der Waals surface area contributed by atoms with Crippen LogP contribution in [0.5, 0.6) is 0 Å². The van der Waals surface area contributed by atoms with Gasteiger partial charge in [0.2, 0.25) is 5.91 Å². The molecule has 224 valence electrons. The lowest BCUT2D eigenvalue weighted by Crippen LogP contribution is -2.38. The normalized spacial score (nSPS) is 15.5. The summed E-state index contributed by atoms with van der Waals surface area (Å²) in [5.41, 5.74) is 6.00. The number of benzene rings is 4. The van der Waals surface area contributed by atoms with Crippen LogP contribution in [0.1, 0.15) is 63.7 Å². The maximum Gasteiger partial charge on any atom is 0.303 e. The third-order valence-corrected chi connectivity index (χ3v) is 9.27. The van der Waals surface area contributed by atoms with Gasteiger partial charge >= 0.3 is 5.97 Å². The number of fused-ring (bicyclic) bond motifs is 3. The molecule has 2 atom stereocenters. The van der Waals surface area contributed by atoms with E-state index in [1.807, 2.05) is 90.5 Å². The molecule has 0 saturated carbocycles. The molecular formula is C39H35N3O3. The Morgan fingerprint density at radius 3 is 1.91 bits per heavy atom. The van der Waals surface area contributed by atoms with Gasteiger partial charge in [0.1, 0.15) is 17.1 Å². The number of esters is 1. The lowest BCUT2D eigenvalue weighted by Gasteiger charge is -2.38. The lowest BCUT2D eigenvalue weighted by molar-refractivity contribution is -0.149. The Hall–Kier alpha value is -5.23. The molecule has 6 nitrogen and oxygen atoms in total. The van der Waals surface area contributed by atoms with Crippen LogP contribution in [-0.4, -0.2) is 26.0 Å². The lowest BCUT2D eigenvalue weighted by atomic mass is 9.76. The summed E-state index contributed by atoms with van der Waals surface area (Å²) in [7, 11) is 0. The summed E-state index contributed by atoms with van der Waals surface area (Å²) in [6, 6.07) is 39.1. The molecule has 1 aliphatic heterocycles. The molecule has 0 aliphatic carbocycles. The van der Waals surface area contributed by atoms with Crippen molar-refractivity contribution < 1.29 is 14.3 Å². The number of hydrogen-bond acceptors (Lipinski definition) is 4. The van der Waals surface area contributed by atoms with Crippen molar-refractivity contribution in [3.05, 3.63) is 161 Å². The largest absolute Gasteiger partial charge is 0.455 e. The molecule has 0 bridgehead atoms. The fraction of sp³-hybridized carbons (Fsp3) is 0.205. The highest BCUT2D eigenvalue weighted by Crippen LogP contribution is 2.44. The van der Waals surface area contributed by atoms with E-state index in [1.165, 1.54) is 6.92 Å². The molecule has 0 amide bonds. The smallest absolute Gasteiger partial charge is 0.303 e. The first-order valence-electron chi connectivity index (χ1n) is 15.4. The molecule has 45 heavy (non-hydrogen) atoms. The summed E-state index contributed by atoms with van der Waals surface area (Å²) in [6.45, 7) is 5.45. The zero-order valence-corrected chi connectivity index (χ0v) is 25.7. The molecule has 4 aromatic carbocycles. The summed E-state index contributed by atoms with van der Waals surface area (Å²) >= 11 is 0. The monoisotopic (exact) mass is 593 g/mol. The summed E-state index contributed by atoms with van der Waals surface area (Å²) in [6.07, 6.45) is 2.40. The van der Waals surface area contributed by atoms with E-state index < -0.39 is 23.5 Å². The van der Waals surface area contributed by atoms with Gasteiger partial charge in [0, 0.05) is 24.2 Å². The van der Waals surface area contributed by atoms with Gasteiger partial charge in [-0.25, -0.2) is 4.98 Å². The van der Waals surface area contributed by atoms with Crippen molar-refractivity contribution in [2.24, 2.45) is 5.92 Å². The minimum absolute atomic E-state index is 0.0700. The number of imidazole rings is 1. The van der Waals surface area contributed by atoms with E-state index in [9.17, 15) is 9.59 Å². The summed E-state index contributed by atoms with van der Waals surface area (Å²) in [5.74, 6) is -0.358.